The Morgan fingerprint density at radius 2 is 1.85 bits per heavy atom. The molecule has 0 aliphatic carbocycles. The fourth-order valence-electron chi connectivity index (χ4n) is 1.65. The van der Waals surface area contributed by atoms with Crippen LogP contribution in [0.25, 0.3) is 0 Å². The van der Waals surface area contributed by atoms with Crippen molar-refractivity contribution in [2.24, 2.45) is 0 Å². The van der Waals surface area contributed by atoms with Gasteiger partial charge in [-0.15, -0.1) is 0 Å². The summed E-state index contributed by atoms with van der Waals surface area (Å²) in [6, 6.07) is 9.96. The van der Waals surface area contributed by atoms with Crippen LogP contribution in [0.1, 0.15) is 11.1 Å². The molecule has 0 fully saturated rings. The largest absolute Gasteiger partial charge is 0.457 e. The van der Waals surface area contributed by atoms with Gasteiger partial charge in [-0.1, -0.05) is 28.1 Å². The lowest BCUT2D eigenvalue weighted by atomic mass is 10.2. The molecule has 0 saturated carbocycles. The van der Waals surface area contributed by atoms with Gasteiger partial charge in [0.05, 0.1) is 12.2 Å². The number of hydrogen-bond donors (Lipinski definition) is 1. The van der Waals surface area contributed by atoms with E-state index in [0.29, 0.717) is 10.0 Å². The van der Waals surface area contributed by atoms with Gasteiger partial charge in [0.15, 0.2) is 0 Å². The Labute approximate surface area is 121 Å². The van der Waals surface area contributed by atoms with Crippen LogP contribution in [-0.2, 0) is 12.8 Å². The third kappa shape index (κ3) is 3.52. The minimum atomic E-state index is -4.51. The number of aliphatic hydroxyl groups excluding tert-OH is 1. The highest BCUT2D eigenvalue weighted by Crippen LogP contribution is 2.39. The molecule has 2 rings (SSSR count). The van der Waals surface area contributed by atoms with E-state index in [0.717, 1.165) is 6.07 Å². The first kappa shape index (κ1) is 14.9. The lowest BCUT2D eigenvalue weighted by Gasteiger charge is -2.14. The van der Waals surface area contributed by atoms with Crippen molar-refractivity contribution in [2.75, 3.05) is 0 Å². The molecule has 0 bridgehead atoms. The van der Waals surface area contributed by atoms with Crippen LogP contribution in [0.3, 0.4) is 0 Å². The first-order chi connectivity index (χ1) is 9.40. The van der Waals surface area contributed by atoms with Crippen molar-refractivity contribution in [3.05, 3.63) is 58.1 Å². The van der Waals surface area contributed by atoms with E-state index >= 15 is 0 Å². The molecule has 0 atom stereocenters. The summed E-state index contributed by atoms with van der Waals surface area (Å²) in [6.07, 6.45) is -4.51. The van der Waals surface area contributed by atoms with Crippen LogP contribution >= 0.6 is 15.9 Å². The van der Waals surface area contributed by atoms with Gasteiger partial charge < -0.3 is 9.84 Å². The fourth-order valence-corrected chi connectivity index (χ4v) is 2.01. The normalized spacial score (nSPS) is 11.4. The zero-order chi connectivity index (χ0) is 14.8. The van der Waals surface area contributed by atoms with Crippen LogP contribution < -0.4 is 4.74 Å². The van der Waals surface area contributed by atoms with E-state index in [1.807, 2.05) is 0 Å². The molecule has 0 aliphatic heterocycles. The molecule has 2 aromatic carbocycles. The maximum absolute atomic E-state index is 12.9. The highest BCUT2D eigenvalue weighted by Gasteiger charge is 2.34. The Bertz CT molecular complexity index is 612. The molecular formula is C14H10BrF3O2. The highest BCUT2D eigenvalue weighted by atomic mass is 79.9. The Kier molecular flexibility index (Phi) is 4.35. The molecule has 1 N–H and O–H groups in total. The second-order valence-corrected chi connectivity index (χ2v) is 4.96. The van der Waals surface area contributed by atoms with Crippen LogP contribution in [0.2, 0.25) is 0 Å². The van der Waals surface area contributed by atoms with Crippen molar-refractivity contribution >= 4 is 15.9 Å². The van der Waals surface area contributed by atoms with Crippen LogP contribution in [0.15, 0.2) is 46.9 Å². The van der Waals surface area contributed by atoms with E-state index < -0.39 is 11.7 Å². The second-order valence-electron chi connectivity index (χ2n) is 4.05. The third-order valence-electron chi connectivity index (χ3n) is 2.56. The molecule has 0 amide bonds. The van der Waals surface area contributed by atoms with Gasteiger partial charge in [-0.3, -0.25) is 0 Å². The molecule has 106 valence electrons. The third-order valence-corrected chi connectivity index (χ3v) is 3.05. The first-order valence-corrected chi connectivity index (χ1v) is 6.44. The number of rotatable bonds is 3. The quantitative estimate of drug-likeness (QED) is 0.868. The van der Waals surface area contributed by atoms with Crippen molar-refractivity contribution in [1.82, 2.24) is 0 Å². The summed E-state index contributed by atoms with van der Waals surface area (Å²) < 4.78 is 44.4. The summed E-state index contributed by atoms with van der Waals surface area (Å²) in [5, 5.41) is 9.01. The summed E-state index contributed by atoms with van der Waals surface area (Å²) in [5.41, 5.74) is -0.297. The van der Waals surface area contributed by atoms with Crippen LogP contribution in [0.5, 0.6) is 11.5 Å². The monoisotopic (exact) mass is 346 g/mol. The van der Waals surface area contributed by atoms with E-state index in [1.165, 1.54) is 24.3 Å². The fraction of sp³-hybridized carbons (Fsp3) is 0.143. The topological polar surface area (TPSA) is 29.5 Å². The van der Waals surface area contributed by atoms with Crippen LogP contribution in [0.4, 0.5) is 13.2 Å². The minimum absolute atomic E-state index is 0.205. The van der Waals surface area contributed by atoms with E-state index in [-0.39, 0.29) is 18.1 Å². The molecule has 0 radical (unpaired) electrons. The van der Waals surface area contributed by atoms with E-state index in [1.54, 1.807) is 12.1 Å². The predicted molar refractivity (Wildman–Crippen MR) is 71.6 cm³/mol. The van der Waals surface area contributed by atoms with E-state index in [2.05, 4.69) is 15.9 Å². The van der Waals surface area contributed by atoms with Gasteiger partial charge in [0, 0.05) is 4.47 Å². The van der Waals surface area contributed by atoms with E-state index in [4.69, 9.17) is 9.84 Å². The van der Waals surface area contributed by atoms with Gasteiger partial charge >= 0.3 is 6.18 Å². The minimum Gasteiger partial charge on any atom is -0.457 e. The summed E-state index contributed by atoms with van der Waals surface area (Å²) in [6.45, 7) is -0.205. The molecule has 0 saturated heterocycles. The summed E-state index contributed by atoms with van der Waals surface area (Å²) >= 11 is 3.01. The molecule has 6 heteroatoms. The maximum Gasteiger partial charge on any atom is 0.420 e. The highest BCUT2D eigenvalue weighted by molar-refractivity contribution is 9.10. The number of halogens is 4. The Morgan fingerprint density at radius 1 is 1.10 bits per heavy atom. The number of aliphatic hydroxyl groups is 1. The molecule has 0 aromatic heterocycles. The number of benzene rings is 2. The van der Waals surface area contributed by atoms with Gasteiger partial charge in [0.1, 0.15) is 11.5 Å². The van der Waals surface area contributed by atoms with Gasteiger partial charge in [-0.2, -0.15) is 13.2 Å². The Morgan fingerprint density at radius 3 is 2.50 bits per heavy atom. The lowest BCUT2D eigenvalue weighted by molar-refractivity contribution is -0.138. The molecule has 0 spiro atoms. The zero-order valence-corrected chi connectivity index (χ0v) is 11.7. The molecular weight excluding hydrogens is 337 g/mol. The number of alkyl halides is 3. The van der Waals surface area contributed by atoms with Crippen molar-refractivity contribution in [2.45, 2.75) is 12.8 Å². The van der Waals surface area contributed by atoms with Crippen LogP contribution in [0, 0.1) is 0 Å². The van der Waals surface area contributed by atoms with Gasteiger partial charge in [0.25, 0.3) is 0 Å². The average Bonchev–Trinajstić information content (AvgIpc) is 2.40. The van der Waals surface area contributed by atoms with Crippen molar-refractivity contribution < 1.29 is 23.0 Å². The van der Waals surface area contributed by atoms with Crippen molar-refractivity contribution in [3.63, 3.8) is 0 Å². The predicted octanol–water partition coefficient (Wildman–Crippen LogP) is 4.75. The zero-order valence-electron chi connectivity index (χ0n) is 10.1. The molecule has 2 nitrogen and oxygen atoms in total. The summed E-state index contributed by atoms with van der Waals surface area (Å²) in [5.74, 6) is -0.0415. The molecule has 2 aromatic rings. The average molecular weight is 347 g/mol. The Hall–Kier alpha value is -1.53. The van der Waals surface area contributed by atoms with Crippen molar-refractivity contribution in [1.29, 1.82) is 0 Å². The molecule has 20 heavy (non-hydrogen) atoms. The van der Waals surface area contributed by atoms with E-state index in [9.17, 15) is 13.2 Å². The van der Waals surface area contributed by atoms with Gasteiger partial charge in [0.2, 0.25) is 0 Å². The maximum atomic E-state index is 12.9. The van der Waals surface area contributed by atoms with Gasteiger partial charge in [-0.25, -0.2) is 0 Å². The number of ether oxygens (including phenoxy) is 1. The SMILES string of the molecule is OCc1cccc(Oc2ccc(Br)cc2C(F)(F)F)c1. The molecule has 0 unspecified atom stereocenters. The standard InChI is InChI=1S/C14H10BrF3O2/c15-10-4-5-13(12(7-10)14(16,17)18)20-11-3-1-2-9(6-11)8-19/h1-7,19H,8H2. The molecule has 0 aliphatic rings. The lowest BCUT2D eigenvalue weighted by Crippen LogP contribution is -2.07. The first-order valence-electron chi connectivity index (χ1n) is 5.64. The summed E-state index contributed by atoms with van der Waals surface area (Å²) in [7, 11) is 0. The Balaban J connectivity index is 2.38. The number of hydrogen-bond acceptors (Lipinski definition) is 2. The van der Waals surface area contributed by atoms with Crippen molar-refractivity contribution in [3.8, 4) is 11.5 Å². The summed E-state index contributed by atoms with van der Waals surface area (Å²) in [4.78, 5) is 0. The van der Waals surface area contributed by atoms with Gasteiger partial charge in [-0.05, 0) is 35.9 Å². The second kappa shape index (κ2) is 5.85. The van der Waals surface area contributed by atoms with Crippen LogP contribution in [-0.4, -0.2) is 5.11 Å². The molecule has 0 heterocycles. The smallest absolute Gasteiger partial charge is 0.420 e.